The summed E-state index contributed by atoms with van der Waals surface area (Å²) in [6.45, 7) is 0.382. The van der Waals surface area contributed by atoms with Crippen molar-refractivity contribution in [2.45, 2.75) is 6.54 Å². The second-order valence-corrected chi connectivity index (χ2v) is 3.56. The lowest BCUT2D eigenvalue weighted by molar-refractivity contribution is 0.0945. The van der Waals surface area contributed by atoms with E-state index >= 15 is 0 Å². The Balaban J connectivity index is 1.98. The van der Waals surface area contributed by atoms with Gasteiger partial charge in [-0.05, 0) is 12.1 Å². The number of carbonyl (C=O) groups is 1. The zero-order chi connectivity index (χ0) is 11.4. The molecule has 0 aliphatic carbocycles. The van der Waals surface area contributed by atoms with Gasteiger partial charge < -0.3 is 10.3 Å². The lowest BCUT2D eigenvalue weighted by atomic mass is 10.3. The van der Waals surface area contributed by atoms with Gasteiger partial charge >= 0.3 is 0 Å². The third-order valence-corrected chi connectivity index (χ3v) is 2.18. The smallest absolute Gasteiger partial charge is 0.270 e. The van der Waals surface area contributed by atoms with Crippen LogP contribution in [0.4, 0.5) is 0 Å². The maximum absolute atomic E-state index is 11.6. The summed E-state index contributed by atoms with van der Waals surface area (Å²) in [4.78, 5) is 22.3. The molecule has 0 saturated carbocycles. The lowest BCUT2D eigenvalue weighted by Crippen LogP contribution is -2.23. The average Bonchev–Trinajstić information content (AvgIpc) is 2.78. The van der Waals surface area contributed by atoms with E-state index in [1.54, 1.807) is 18.6 Å². The van der Waals surface area contributed by atoms with Crippen molar-refractivity contribution in [2.24, 2.45) is 0 Å². The first kappa shape index (κ1) is 10.6. The quantitative estimate of drug-likeness (QED) is 0.846. The summed E-state index contributed by atoms with van der Waals surface area (Å²) in [6, 6.07) is 3.14. The molecule has 0 aliphatic rings. The second kappa shape index (κ2) is 4.76. The predicted molar refractivity (Wildman–Crippen MR) is 59.0 cm³/mol. The molecule has 5 nitrogen and oxygen atoms in total. The third-order valence-electron chi connectivity index (χ3n) is 1.95. The van der Waals surface area contributed by atoms with E-state index in [0.29, 0.717) is 17.3 Å². The van der Waals surface area contributed by atoms with Crippen molar-refractivity contribution in [1.82, 2.24) is 20.3 Å². The molecule has 0 aromatic carbocycles. The molecule has 1 amide bonds. The minimum absolute atomic E-state index is 0.267. The summed E-state index contributed by atoms with van der Waals surface area (Å²) in [7, 11) is 0. The van der Waals surface area contributed by atoms with Gasteiger partial charge in [0.15, 0.2) is 0 Å². The molecular formula is C10H9ClN4O. The van der Waals surface area contributed by atoms with Gasteiger partial charge in [-0.15, -0.1) is 0 Å². The van der Waals surface area contributed by atoms with Crippen LogP contribution in [0.25, 0.3) is 0 Å². The molecule has 0 saturated heterocycles. The van der Waals surface area contributed by atoms with Crippen LogP contribution in [0.1, 0.15) is 16.2 Å². The van der Waals surface area contributed by atoms with Gasteiger partial charge in [-0.2, -0.15) is 0 Å². The molecule has 0 atom stereocenters. The standard InChI is InChI=1S/C10H9ClN4O/c11-7-1-2-13-9(3-7)10(16)14-5-8-4-12-6-15-8/h1-4,6H,5H2,(H,12,15)(H,14,16). The van der Waals surface area contributed by atoms with E-state index in [1.165, 1.54) is 12.3 Å². The normalized spacial score (nSPS) is 10.1. The highest BCUT2D eigenvalue weighted by Gasteiger charge is 2.07. The predicted octanol–water partition coefficient (Wildman–Crippen LogP) is 1.39. The summed E-state index contributed by atoms with van der Waals surface area (Å²) in [6.07, 6.45) is 4.69. The zero-order valence-corrected chi connectivity index (χ0v) is 9.03. The molecule has 0 bridgehead atoms. The van der Waals surface area contributed by atoms with Crippen LogP contribution in [0.15, 0.2) is 30.9 Å². The van der Waals surface area contributed by atoms with Gasteiger partial charge in [-0.25, -0.2) is 4.98 Å². The van der Waals surface area contributed by atoms with E-state index in [-0.39, 0.29) is 5.91 Å². The number of halogens is 1. The van der Waals surface area contributed by atoms with Crippen LogP contribution in [0.2, 0.25) is 5.02 Å². The molecule has 0 radical (unpaired) electrons. The number of hydrogen-bond acceptors (Lipinski definition) is 3. The maximum atomic E-state index is 11.6. The first-order valence-electron chi connectivity index (χ1n) is 4.63. The zero-order valence-electron chi connectivity index (χ0n) is 8.27. The summed E-state index contributed by atoms with van der Waals surface area (Å²) >= 11 is 5.75. The number of rotatable bonds is 3. The van der Waals surface area contributed by atoms with Crippen LogP contribution in [-0.4, -0.2) is 20.9 Å². The number of amides is 1. The lowest BCUT2D eigenvalue weighted by Gasteiger charge is -2.02. The largest absolute Gasteiger partial charge is 0.347 e. The third kappa shape index (κ3) is 2.58. The van der Waals surface area contributed by atoms with Gasteiger partial charge in [0.25, 0.3) is 5.91 Å². The van der Waals surface area contributed by atoms with E-state index in [9.17, 15) is 4.79 Å². The van der Waals surface area contributed by atoms with Crippen molar-refractivity contribution in [2.75, 3.05) is 0 Å². The Morgan fingerprint density at radius 3 is 3.12 bits per heavy atom. The van der Waals surface area contributed by atoms with Crippen molar-refractivity contribution in [3.05, 3.63) is 47.3 Å². The number of pyridine rings is 1. The van der Waals surface area contributed by atoms with E-state index in [0.717, 1.165) is 5.69 Å². The second-order valence-electron chi connectivity index (χ2n) is 3.12. The Bertz CT molecular complexity index is 483. The van der Waals surface area contributed by atoms with Crippen LogP contribution < -0.4 is 5.32 Å². The molecule has 82 valence electrons. The maximum Gasteiger partial charge on any atom is 0.270 e. The number of aromatic amines is 1. The summed E-state index contributed by atoms with van der Waals surface area (Å²) in [5.41, 5.74) is 1.13. The molecule has 2 heterocycles. The number of nitrogens with zero attached hydrogens (tertiary/aromatic N) is 2. The number of hydrogen-bond donors (Lipinski definition) is 2. The monoisotopic (exact) mass is 236 g/mol. The fourth-order valence-electron chi connectivity index (χ4n) is 1.18. The van der Waals surface area contributed by atoms with Crippen molar-refractivity contribution in [3.8, 4) is 0 Å². The van der Waals surface area contributed by atoms with E-state index in [1.807, 2.05) is 0 Å². The minimum atomic E-state index is -0.267. The fourth-order valence-corrected chi connectivity index (χ4v) is 1.34. The first-order chi connectivity index (χ1) is 7.75. The topological polar surface area (TPSA) is 70.7 Å². The van der Waals surface area contributed by atoms with Gasteiger partial charge in [-0.3, -0.25) is 9.78 Å². The highest BCUT2D eigenvalue weighted by atomic mass is 35.5. The first-order valence-corrected chi connectivity index (χ1v) is 5.00. The summed E-state index contributed by atoms with van der Waals surface area (Å²) in [5, 5.41) is 3.18. The number of imidazole rings is 1. The molecule has 16 heavy (non-hydrogen) atoms. The molecule has 0 aliphatic heterocycles. The molecule has 2 aromatic heterocycles. The highest BCUT2D eigenvalue weighted by Crippen LogP contribution is 2.07. The molecule has 2 rings (SSSR count). The van der Waals surface area contributed by atoms with Crippen LogP contribution in [0.3, 0.4) is 0 Å². The van der Waals surface area contributed by atoms with Crippen molar-refractivity contribution < 1.29 is 4.79 Å². The van der Waals surface area contributed by atoms with Crippen LogP contribution in [0, 0.1) is 0 Å². The Kier molecular flexibility index (Phi) is 3.16. The van der Waals surface area contributed by atoms with E-state index in [4.69, 9.17) is 11.6 Å². The Morgan fingerprint density at radius 1 is 1.56 bits per heavy atom. The summed E-state index contributed by atoms with van der Waals surface area (Å²) in [5.74, 6) is -0.267. The van der Waals surface area contributed by atoms with E-state index in [2.05, 4.69) is 20.3 Å². The SMILES string of the molecule is O=C(NCc1cnc[nH]1)c1cc(Cl)ccn1. The number of carbonyl (C=O) groups excluding carboxylic acids is 1. The molecule has 0 unspecified atom stereocenters. The van der Waals surface area contributed by atoms with Crippen molar-refractivity contribution in [1.29, 1.82) is 0 Å². The van der Waals surface area contributed by atoms with Crippen LogP contribution in [0.5, 0.6) is 0 Å². The summed E-state index contributed by atoms with van der Waals surface area (Å²) < 4.78 is 0. The Labute approximate surface area is 96.9 Å². The van der Waals surface area contributed by atoms with Gasteiger partial charge in [0.05, 0.1) is 18.6 Å². The minimum Gasteiger partial charge on any atom is -0.347 e. The van der Waals surface area contributed by atoms with Crippen LogP contribution >= 0.6 is 11.6 Å². The number of H-pyrrole nitrogens is 1. The molecule has 0 spiro atoms. The van der Waals surface area contributed by atoms with Crippen LogP contribution in [-0.2, 0) is 6.54 Å². The molecule has 2 aromatic rings. The van der Waals surface area contributed by atoms with E-state index < -0.39 is 0 Å². The molecular weight excluding hydrogens is 228 g/mol. The number of nitrogens with one attached hydrogen (secondary N) is 2. The van der Waals surface area contributed by atoms with Gasteiger partial charge in [-0.1, -0.05) is 11.6 Å². The molecule has 0 fully saturated rings. The van der Waals surface area contributed by atoms with Crippen molar-refractivity contribution >= 4 is 17.5 Å². The van der Waals surface area contributed by atoms with Gasteiger partial charge in [0, 0.05) is 17.4 Å². The van der Waals surface area contributed by atoms with Gasteiger partial charge in [0.2, 0.25) is 0 Å². The van der Waals surface area contributed by atoms with Crippen molar-refractivity contribution in [3.63, 3.8) is 0 Å². The number of aromatic nitrogens is 3. The average molecular weight is 237 g/mol. The molecule has 2 N–H and O–H groups in total. The highest BCUT2D eigenvalue weighted by molar-refractivity contribution is 6.30. The van der Waals surface area contributed by atoms with Gasteiger partial charge in [0.1, 0.15) is 5.69 Å². The molecule has 6 heteroatoms. The Morgan fingerprint density at radius 2 is 2.44 bits per heavy atom. The Hall–Kier alpha value is -1.88. The fraction of sp³-hybridized carbons (Fsp3) is 0.100.